The lowest BCUT2D eigenvalue weighted by molar-refractivity contribution is 0.0887. The van der Waals surface area contributed by atoms with Gasteiger partial charge < -0.3 is 19.4 Å². The summed E-state index contributed by atoms with van der Waals surface area (Å²) in [6.07, 6.45) is 0.568. The molecule has 1 N–H and O–H groups in total. The van der Waals surface area contributed by atoms with Gasteiger partial charge in [-0.3, -0.25) is 9.69 Å². The summed E-state index contributed by atoms with van der Waals surface area (Å²) in [6.45, 7) is 12.9. The van der Waals surface area contributed by atoms with E-state index in [1.807, 2.05) is 0 Å². The Morgan fingerprint density at radius 3 is 2.64 bits per heavy atom. The van der Waals surface area contributed by atoms with Crippen LogP contribution < -0.4 is 10.5 Å². The second-order valence-electron chi connectivity index (χ2n) is 8.67. The van der Waals surface area contributed by atoms with Gasteiger partial charge in [0, 0.05) is 50.9 Å². The van der Waals surface area contributed by atoms with Crippen LogP contribution in [0.1, 0.15) is 31.9 Å². The van der Waals surface area contributed by atoms with Gasteiger partial charge in [-0.1, -0.05) is 18.7 Å². The van der Waals surface area contributed by atoms with E-state index in [-0.39, 0.29) is 41.9 Å². The summed E-state index contributed by atoms with van der Waals surface area (Å²) in [5, 5.41) is 9.77. The smallest absolute Gasteiger partial charge is 0.270 e. The predicted octanol–water partition coefficient (Wildman–Crippen LogP) is 3.65. The van der Waals surface area contributed by atoms with E-state index in [1.165, 1.54) is 12.1 Å². The highest BCUT2D eigenvalue weighted by Gasteiger charge is 2.36. The van der Waals surface area contributed by atoms with Gasteiger partial charge in [-0.2, -0.15) is 0 Å². The third kappa shape index (κ3) is 4.34. The summed E-state index contributed by atoms with van der Waals surface area (Å²) < 4.78 is 15.0. The molecule has 8 heteroatoms. The van der Waals surface area contributed by atoms with Gasteiger partial charge in [0.25, 0.3) is 11.4 Å². The van der Waals surface area contributed by atoms with Crippen molar-refractivity contribution in [3.63, 3.8) is 0 Å². The Labute approximate surface area is 192 Å². The first-order valence-corrected chi connectivity index (χ1v) is 11.1. The van der Waals surface area contributed by atoms with Crippen LogP contribution in [0.15, 0.2) is 47.3 Å². The molecule has 1 aliphatic rings. The van der Waals surface area contributed by atoms with Crippen molar-refractivity contribution in [1.82, 2.24) is 14.5 Å². The highest BCUT2D eigenvalue weighted by atomic mass is 19.1. The molecule has 1 unspecified atom stereocenters. The number of aliphatic hydroxyl groups excluding tert-OH is 1. The van der Waals surface area contributed by atoms with Gasteiger partial charge in [0.05, 0.1) is 11.2 Å². The van der Waals surface area contributed by atoms with Gasteiger partial charge in [-0.05, 0) is 50.1 Å². The fourth-order valence-electron chi connectivity index (χ4n) is 4.80. The largest absolute Gasteiger partial charge is 0.396 e. The predicted molar refractivity (Wildman–Crippen MR) is 127 cm³/mol. The normalized spacial score (nSPS) is 20.1. The number of halogens is 1. The molecule has 1 saturated heterocycles. The first-order chi connectivity index (χ1) is 15.8. The zero-order valence-corrected chi connectivity index (χ0v) is 19.1. The van der Waals surface area contributed by atoms with Crippen LogP contribution in [0, 0.1) is 12.4 Å². The van der Waals surface area contributed by atoms with Crippen molar-refractivity contribution in [2.45, 2.75) is 38.4 Å². The molecule has 33 heavy (non-hydrogen) atoms. The van der Waals surface area contributed by atoms with Crippen LogP contribution in [-0.2, 0) is 7.05 Å². The van der Waals surface area contributed by atoms with Crippen LogP contribution in [-0.4, -0.2) is 51.3 Å². The molecule has 0 spiro atoms. The van der Waals surface area contributed by atoms with Gasteiger partial charge in [0.1, 0.15) is 5.82 Å². The number of hydrogen-bond donors (Lipinski definition) is 1. The Morgan fingerprint density at radius 2 is 1.97 bits per heavy atom. The van der Waals surface area contributed by atoms with E-state index in [0.29, 0.717) is 36.2 Å². The van der Waals surface area contributed by atoms with Crippen molar-refractivity contribution < 1.29 is 9.50 Å². The molecule has 0 saturated carbocycles. The molecular weight excluding hydrogens is 421 g/mol. The maximum absolute atomic E-state index is 13.4. The number of benzene rings is 1. The van der Waals surface area contributed by atoms with Crippen LogP contribution in [0.4, 0.5) is 15.9 Å². The lowest BCUT2D eigenvalue weighted by atomic mass is 9.98. The summed E-state index contributed by atoms with van der Waals surface area (Å²) in [6, 6.07) is 11.6. The van der Waals surface area contributed by atoms with Gasteiger partial charge in [-0.25, -0.2) is 4.39 Å². The third-order valence-corrected chi connectivity index (χ3v) is 6.67. The van der Waals surface area contributed by atoms with Crippen molar-refractivity contribution >= 4 is 22.5 Å². The van der Waals surface area contributed by atoms with E-state index in [9.17, 15) is 14.3 Å². The second-order valence-corrected chi connectivity index (χ2v) is 8.67. The summed E-state index contributed by atoms with van der Waals surface area (Å²) in [4.78, 5) is 25.2. The molecule has 0 radical (unpaired) electrons. The molecule has 4 rings (SSSR count). The maximum Gasteiger partial charge on any atom is 0.270 e. The number of anilines is 1. The lowest BCUT2D eigenvalue weighted by Crippen LogP contribution is -2.58. The highest BCUT2D eigenvalue weighted by molar-refractivity contribution is 5.89. The fourth-order valence-corrected chi connectivity index (χ4v) is 4.80. The number of nitrogens with zero attached hydrogens (tertiary/aromatic N) is 5. The fraction of sp³-hybridized carbons (Fsp3) is 0.400. The number of rotatable bonds is 5. The number of hydrogen-bond acceptors (Lipinski definition) is 5. The summed E-state index contributed by atoms with van der Waals surface area (Å²) in [7, 11) is 1.70. The molecule has 3 atom stereocenters. The molecule has 7 nitrogen and oxygen atoms in total. The van der Waals surface area contributed by atoms with Crippen LogP contribution in [0.25, 0.3) is 15.9 Å². The minimum absolute atomic E-state index is 0.0226. The lowest BCUT2D eigenvalue weighted by Gasteiger charge is -2.48. The molecule has 3 aromatic rings. The first-order valence-electron chi connectivity index (χ1n) is 11.1. The number of aryl methyl sites for hydroxylation is 1. The van der Waals surface area contributed by atoms with Gasteiger partial charge in [-0.15, -0.1) is 4.98 Å². The number of fused-ring (bicyclic) bond motifs is 1. The van der Waals surface area contributed by atoms with E-state index >= 15 is 0 Å². The zero-order chi connectivity index (χ0) is 23.7. The number of aromatic nitrogens is 2. The molecule has 3 heterocycles. The monoisotopic (exact) mass is 449 g/mol. The van der Waals surface area contributed by atoms with Crippen molar-refractivity contribution in [3.05, 3.63) is 75.6 Å². The minimum Gasteiger partial charge on any atom is -0.396 e. The average molecular weight is 450 g/mol. The van der Waals surface area contributed by atoms with Gasteiger partial charge in [0.2, 0.25) is 5.52 Å². The quantitative estimate of drug-likeness (QED) is 0.603. The van der Waals surface area contributed by atoms with Gasteiger partial charge in [0.15, 0.2) is 0 Å². The van der Waals surface area contributed by atoms with Crippen LogP contribution in [0.5, 0.6) is 0 Å². The standard InChI is InChI=1S/C25H28FN5O2/c1-16-14-31(17(2)18-5-7-19(26)8-6-18)20(11-12-32)15-30(16)22-13-24(33)29(4)21-9-10-23(27-3)28-25(21)22/h5-10,13,16-17,20,32H,11-12,14-15H2,1-2,4H3/t16-,17?,20+/m0/s1. The van der Waals surface area contributed by atoms with Crippen LogP contribution >= 0.6 is 0 Å². The van der Waals surface area contributed by atoms with Gasteiger partial charge >= 0.3 is 0 Å². The van der Waals surface area contributed by atoms with E-state index < -0.39 is 0 Å². The molecular formula is C25H28FN5O2. The summed E-state index contributed by atoms with van der Waals surface area (Å²) in [5.41, 5.74) is 2.89. The SMILES string of the molecule is [C-]#[N+]c1ccc2c(n1)c(N1C[C@@H](CCO)N(C(C)c3ccc(F)cc3)C[C@@H]1C)cc(=O)n2C. The molecule has 0 aliphatic carbocycles. The minimum atomic E-state index is -0.264. The van der Waals surface area contributed by atoms with Crippen molar-refractivity contribution in [2.75, 3.05) is 24.6 Å². The van der Waals surface area contributed by atoms with Crippen LogP contribution in [0.2, 0.25) is 0 Å². The third-order valence-electron chi connectivity index (χ3n) is 6.67. The number of piperazine rings is 1. The van der Waals surface area contributed by atoms with E-state index in [2.05, 4.69) is 33.5 Å². The number of pyridine rings is 2. The molecule has 172 valence electrons. The summed E-state index contributed by atoms with van der Waals surface area (Å²) in [5.74, 6) is 0.0189. The Hall–Kier alpha value is -3.28. The molecule has 1 fully saturated rings. The topological polar surface area (TPSA) is 66.0 Å². The zero-order valence-electron chi connectivity index (χ0n) is 19.1. The Bertz CT molecular complexity index is 1250. The molecule has 0 amide bonds. The van der Waals surface area contributed by atoms with E-state index in [1.54, 1.807) is 41.9 Å². The van der Waals surface area contributed by atoms with E-state index in [0.717, 1.165) is 5.56 Å². The van der Waals surface area contributed by atoms with Crippen molar-refractivity contribution in [1.29, 1.82) is 0 Å². The van der Waals surface area contributed by atoms with Crippen LogP contribution in [0.3, 0.4) is 0 Å². The summed E-state index contributed by atoms with van der Waals surface area (Å²) >= 11 is 0. The Balaban J connectivity index is 1.73. The Kier molecular flexibility index (Phi) is 6.45. The second kappa shape index (κ2) is 9.30. The van der Waals surface area contributed by atoms with E-state index in [4.69, 9.17) is 6.57 Å². The van der Waals surface area contributed by atoms with Crippen molar-refractivity contribution in [2.24, 2.45) is 7.05 Å². The maximum atomic E-state index is 13.4. The molecule has 0 bridgehead atoms. The Morgan fingerprint density at radius 1 is 1.24 bits per heavy atom. The number of aliphatic hydroxyl groups is 1. The highest BCUT2D eigenvalue weighted by Crippen LogP contribution is 2.34. The molecule has 1 aromatic carbocycles. The molecule has 2 aromatic heterocycles. The van der Waals surface area contributed by atoms with Crippen molar-refractivity contribution in [3.8, 4) is 0 Å². The molecule has 1 aliphatic heterocycles. The first kappa shape index (κ1) is 22.9. The average Bonchev–Trinajstić information content (AvgIpc) is 2.82.